The third-order valence-electron chi connectivity index (χ3n) is 3.18. The Morgan fingerprint density at radius 2 is 1.73 bits per heavy atom. The van der Waals surface area contributed by atoms with Gasteiger partial charge in [0.25, 0.3) is 5.91 Å². The molecule has 4 nitrogen and oxygen atoms in total. The number of carboxylic acids is 1. The number of rotatable bonds is 8. The second kappa shape index (κ2) is 8.41. The van der Waals surface area contributed by atoms with E-state index in [4.69, 9.17) is 5.11 Å². The van der Waals surface area contributed by atoms with Crippen LogP contribution in [-0.2, 0) is 4.79 Å². The lowest BCUT2D eigenvalue weighted by Crippen LogP contribution is -2.41. The molecular formula is C15H18F3NO3. The SMILES string of the molecule is CCCCCC[C@@H](NC(=O)c1c(F)cc(F)cc1F)C(=O)O. The largest absolute Gasteiger partial charge is 0.480 e. The number of nitrogens with one attached hydrogen (secondary N) is 1. The molecule has 1 amide bonds. The second-order valence-corrected chi connectivity index (χ2v) is 4.96. The number of unbranched alkanes of at least 4 members (excludes halogenated alkanes) is 3. The van der Waals surface area contributed by atoms with Gasteiger partial charge < -0.3 is 10.4 Å². The van der Waals surface area contributed by atoms with E-state index in [-0.39, 0.29) is 6.42 Å². The van der Waals surface area contributed by atoms with Crippen molar-refractivity contribution in [1.29, 1.82) is 0 Å². The Morgan fingerprint density at radius 1 is 1.14 bits per heavy atom. The zero-order valence-corrected chi connectivity index (χ0v) is 12.2. The van der Waals surface area contributed by atoms with Crippen LogP contribution in [0.5, 0.6) is 0 Å². The van der Waals surface area contributed by atoms with E-state index in [1.54, 1.807) is 0 Å². The van der Waals surface area contributed by atoms with E-state index in [1.165, 1.54) is 0 Å². The van der Waals surface area contributed by atoms with Crippen LogP contribution < -0.4 is 5.32 Å². The molecule has 22 heavy (non-hydrogen) atoms. The van der Waals surface area contributed by atoms with E-state index >= 15 is 0 Å². The summed E-state index contributed by atoms with van der Waals surface area (Å²) in [6.45, 7) is 2.00. The molecule has 0 saturated heterocycles. The van der Waals surface area contributed by atoms with Crippen molar-refractivity contribution in [3.05, 3.63) is 35.1 Å². The molecule has 2 N–H and O–H groups in total. The number of hydrogen-bond acceptors (Lipinski definition) is 2. The molecule has 1 aromatic rings. The monoisotopic (exact) mass is 317 g/mol. The molecule has 1 rings (SSSR count). The fraction of sp³-hybridized carbons (Fsp3) is 0.467. The molecule has 0 saturated carbocycles. The standard InChI is InChI=1S/C15H18F3NO3/c1-2-3-4-5-6-12(15(21)22)19-14(20)13-10(17)7-9(16)8-11(13)18/h7-8,12H,2-6H2,1H3,(H,19,20)(H,21,22)/t12-/m1/s1. The Hall–Kier alpha value is -2.05. The van der Waals surface area contributed by atoms with Crippen LogP contribution in [0.1, 0.15) is 49.4 Å². The van der Waals surface area contributed by atoms with E-state index in [0.717, 1.165) is 19.3 Å². The van der Waals surface area contributed by atoms with Crippen LogP contribution in [0.2, 0.25) is 0 Å². The van der Waals surface area contributed by atoms with Crippen LogP contribution in [0.15, 0.2) is 12.1 Å². The molecule has 0 aliphatic heterocycles. The van der Waals surface area contributed by atoms with Crippen molar-refractivity contribution >= 4 is 11.9 Å². The van der Waals surface area contributed by atoms with Gasteiger partial charge in [-0.1, -0.05) is 32.6 Å². The highest BCUT2D eigenvalue weighted by atomic mass is 19.1. The number of aliphatic carboxylic acids is 1. The van der Waals surface area contributed by atoms with E-state index < -0.39 is 40.9 Å². The fourth-order valence-corrected chi connectivity index (χ4v) is 2.02. The highest BCUT2D eigenvalue weighted by molar-refractivity contribution is 5.97. The Kier molecular flexibility index (Phi) is 6.88. The van der Waals surface area contributed by atoms with Crippen LogP contribution >= 0.6 is 0 Å². The first kappa shape index (κ1) is 18.0. The molecule has 0 spiro atoms. The topological polar surface area (TPSA) is 66.4 Å². The highest BCUT2D eigenvalue weighted by Gasteiger charge is 2.24. The second-order valence-electron chi connectivity index (χ2n) is 4.96. The predicted molar refractivity (Wildman–Crippen MR) is 74.0 cm³/mol. The molecule has 0 unspecified atom stereocenters. The van der Waals surface area contributed by atoms with Crippen LogP contribution in [-0.4, -0.2) is 23.0 Å². The minimum absolute atomic E-state index is 0.158. The summed E-state index contributed by atoms with van der Waals surface area (Å²) in [5, 5.41) is 11.1. The summed E-state index contributed by atoms with van der Waals surface area (Å²) in [6, 6.07) is -0.502. The first-order valence-corrected chi connectivity index (χ1v) is 7.05. The summed E-state index contributed by atoms with van der Waals surface area (Å²) < 4.78 is 39.8. The van der Waals surface area contributed by atoms with Crippen molar-refractivity contribution in [2.75, 3.05) is 0 Å². The van der Waals surface area contributed by atoms with Crippen LogP contribution in [0.25, 0.3) is 0 Å². The molecule has 0 aliphatic rings. The Morgan fingerprint density at radius 3 is 2.23 bits per heavy atom. The van der Waals surface area contributed by atoms with Gasteiger partial charge >= 0.3 is 5.97 Å². The molecule has 7 heteroatoms. The third kappa shape index (κ3) is 5.05. The summed E-state index contributed by atoms with van der Waals surface area (Å²) >= 11 is 0. The number of benzene rings is 1. The van der Waals surface area contributed by atoms with Gasteiger partial charge in [0.05, 0.1) is 0 Å². The van der Waals surface area contributed by atoms with Crippen molar-refractivity contribution in [3.8, 4) is 0 Å². The van der Waals surface area contributed by atoms with Gasteiger partial charge in [-0.05, 0) is 6.42 Å². The molecule has 0 bridgehead atoms. The molecule has 122 valence electrons. The summed E-state index contributed by atoms with van der Waals surface area (Å²) in [7, 11) is 0. The molecule has 1 aromatic carbocycles. The molecule has 0 aromatic heterocycles. The number of halogens is 3. The minimum Gasteiger partial charge on any atom is -0.480 e. The van der Waals surface area contributed by atoms with Gasteiger partial charge in [-0.3, -0.25) is 4.79 Å². The van der Waals surface area contributed by atoms with Crippen LogP contribution in [0.4, 0.5) is 13.2 Å². The zero-order valence-electron chi connectivity index (χ0n) is 12.2. The summed E-state index contributed by atoms with van der Waals surface area (Å²) in [5.41, 5.74) is -0.985. The number of carboxylic acid groups (broad SMARTS) is 1. The maximum absolute atomic E-state index is 13.5. The molecule has 0 aliphatic carbocycles. The minimum atomic E-state index is -1.37. The fourth-order valence-electron chi connectivity index (χ4n) is 2.02. The van der Waals surface area contributed by atoms with Crippen molar-refractivity contribution < 1.29 is 27.9 Å². The smallest absolute Gasteiger partial charge is 0.326 e. The predicted octanol–water partition coefficient (Wildman–Crippen LogP) is 3.26. The number of amides is 1. The number of carbonyl (C=O) groups is 2. The van der Waals surface area contributed by atoms with E-state index in [9.17, 15) is 22.8 Å². The van der Waals surface area contributed by atoms with Crippen molar-refractivity contribution in [2.45, 2.75) is 45.1 Å². The first-order chi connectivity index (χ1) is 10.4. The summed E-state index contributed by atoms with van der Waals surface area (Å²) in [6.07, 6.45) is 3.43. The first-order valence-electron chi connectivity index (χ1n) is 7.05. The lowest BCUT2D eigenvalue weighted by atomic mass is 10.1. The van der Waals surface area contributed by atoms with E-state index in [2.05, 4.69) is 5.32 Å². The maximum Gasteiger partial charge on any atom is 0.326 e. The highest BCUT2D eigenvalue weighted by Crippen LogP contribution is 2.15. The lowest BCUT2D eigenvalue weighted by Gasteiger charge is -2.15. The van der Waals surface area contributed by atoms with Gasteiger partial charge in [-0.2, -0.15) is 0 Å². The molecular weight excluding hydrogens is 299 g/mol. The van der Waals surface area contributed by atoms with Gasteiger partial charge in [0, 0.05) is 12.1 Å². The zero-order chi connectivity index (χ0) is 16.7. The van der Waals surface area contributed by atoms with Crippen LogP contribution in [0.3, 0.4) is 0 Å². The normalized spacial score (nSPS) is 12.0. The van der Waals surface area contributed by atoms with Crippen molar-refractivity contribution in [2.24, 2.45) is 0 Å². The molecule has 0 fully saturated rings. The van der Waals surface area contributed by atoms with Crippen molar-refractivity contribution in [1.82, 2.24) is 5.32 Å². The maximum atomic E-state index is 13.5. The quantitative estimate of drug-likeness (QED) is 0.723. The van der Waals surface area contributed by atoms with Gasteiger partial charge in [0.1, 0.15) is 29.1 Å². The summed E-state index contributed by atoms with van der Waals surface area (Å²) in [5.74, 6) is -6.39. The number of hydrogen-bond donors (Lipinski definition) is 2. The van der Waals surface area contributed by atoms with E-state index in [0.29, 0.717) is 18.6 Å². The molecule has 0 radical (unpaired) electrons. The van der Waals surface area contributed by atoms with Crippen molar-refractivity contribution in [3.63, 3.8) is 0 Å². The third-order valence-corrected chi connectivity index (χ3v) is 3.18. The Balaban J connectivity index is 2.77. The van der Waals surface area contributed by atoms with Gasteiger partial charge in [0.15, 0.2) is 0 Å². The average molecular weight is 317 g/mol. The van der Waals surface area contributed by atoms with Gasteiger partial charge in [-0.25, -0.2) is 18.0 Å². The molecule has 1 atom stereocenters. The van der Waals surface area contributed by atoms with Gasteiger partial charge in [0.2, 0.25) is 0 Å². The van der Waals surface area contributed by atoms with E-state index in [1.807, 2.05) is 6.92 Å². The van der Waals surface area contributed by atoms with Gasteiger partial charge in [-0.15, -0.1) is 0 Å². The Labute approximate surface area is 126 Å². The Bertz CT molecular complexity index is 526. The average Bonchev–Trinajstić information content (AvgIpc) is 2.40. The lowest BCUT2D eigenvalue weighted by molar-refractivity contribution is -0.139. The summed E-state index contributed by atoms with van der Waals surface area (Å²) in [4.78, 5) is 22.9. The van der Waals surface area contributed by atoms with Crippen LogP contribution in [0, 0.1) is 17.5 Å². The molecule has 0 heterocycles. The number of carbonyl (C=O) groups excluding carboxylic acids is 1.